The highest BCUT2D eigenvalue weighted by molar-refractivity contribution is 7.98. The van der Waals surface area contributed by atoms with Crippen molar-refractivity contribution in [3.05, 3.63) is 77.4 Å². The Bertz CT molecular complexity index is 1300. The molecule has 0 spiro atoms. The number of benzene rings is 2. The predicted octanol–water partition coefficient (Wildman–Crippen LogP) is 2.40. The Kier molecular flexibility index (Phi) is 7.18. The first-order valence-corrected chi connectivity index (χ1v) is 12.1. The summed E-state index contributed by atoms with van der Waals surface area (Å²) in [7, 11) is -5.08. The van der Waals surface area contributed by atoms with Crippen molar-refractivity contribution in [2.24, 2.45) is 0 Å². The normalized spacial score (nSPS) is 19.0. The molecule has 2 aliphatic rings. The Labute approximate surface area is 195 Å². The highest BCUT2D eigenvalue weighted by atomic mass is 32.2. The first-order chi connectivity index (χ1) is 15.9. The number of carboxylic acids is 1. The van der Waals surface area contributed by atoms with Crippen molar-refractivity contribution in [3.63, 3.8) is 0 Å². The van der Waals surface area contributed by atoms with Gasteiger partial charge in [0.25, 0.3) is 0 Å². The molecule has 0 radical (unpaired) electrons. The molecule has 4 rings (SSSR count). The number of hydrogen-bond donors (Lipinski definition) is 0. The molecule has 0 saturated heterocycles. The van der Waals surface area contributed by atoms with Crippen LogP contribution in [0.15, 0.2) is 70.0 Å². The van der Waals surface area contributed by atoms with E-state index in [2.05, 4.69) is 6.08 Å². The van der Waals surface area contributed by atoms with E-state index >= 15 is 0 Å². The van der Waals surface area contributed by atoms with E-state index in [-0.39, 0.29) is 16.6 Å². The zero-order chi connectivity index (χ0) is 25.3. The zero-order valence-corrected chi connectivity index (χ0v) is 18.9. The molecule has 178 valence electrons. The smallest absolute Gasteiger partial charge is 0.485 e. The van der Waals surface area contributed by atoms with Gasteiger partial charge in [0.15, 0.2) is 20.8 Å². The first-order valence-electron chi connectivity index (χ1n) is 9.43. The minimum Gasteiger partial charge on any atom is -0.741 e. The van der Waals surface area contributed by atoms with E-state index in [0.29, 0.717) is 23.3 Å². The van der Waals surface area contributed by atoms with Crippen molar-refractivity contribution in [3.8, 4) is 5.75 Å². The van der Waals surface area contributed by atoms with E-state index in [1.54, 1.807) is 25.3 Å². The second-order valence-electron chi connectivity index (χ2n) is 6.90. The fraction of sp³-hybridized carbons (Fsp3) is 0.182. The molecule has 2 aromatic rings. The number of alkyl halides is 3. The molecular formula is C22H15F3O7S2. The monoisotopic (exact) mass is 512 g/mol. The Morgan fingerprint density at radius 2 is 1.82 bits per heavy atom. The quantitative estimate of drug-likeness (QED) is 0.268. The summed E-state index contributed by atoms with van der Waals surface area (Å²) in [6.07, 6.45) is 7.59. The van der Waals surface area contributed by atoms with E-state index in [0.717, 1.165) is 9.79 Å². The number of carboxylic acid groups (broad SMARTS) is 1. The van der Waals surface area contributed by atoms with Crippen LogP contribution in [0.2, 0.25) is 0 Å². The highest BCUT2D eigenvalue weighted by Crippen LogP contribution is 2.44. The Balaban J connectivity index is 0.000000350. The molecule has 7 nitrogen and oxygen atoms in total. The molecule has 0 bridgehead atoms. The Morgan fingerprint density at radius 3 is 2.41 bits per heavy atom. The van der Waals surface area contributed by atoms with E-state index < -0.39 is 32.5 Å². The lowest BCUT2D eigenvalue weighted by Gasteiger charge is -2.23. The molecule has 0 saturated carbocycles. The van der Waals surface area contributed by atoms with Gasteiger partial charge in [-0.1, -0.05) is 12.1 Å². The maximum absolute atomic E-state index is 12.9. The van der Waals surface area contributed by atoms with E-state index in [4.69, 9.17) is 17.7 Å². The van der Waals surface area contributed by atoms with Gasteiger partial charge >= 0.3 is 11.3 Å². The van der Waals surface area contributed by atoms with Crippen LogP contribution in [0.25, 0.3) is 0 Å². The van der Waals surface area contributed by atoms with Crippen LogP contribution in [0.4, 0.5) is 13.2 Å². The third-order valence-corrected chi connectivity index (χ3v) is 8.03. The first kappa shape index (κ1) is 25.4. The van der Waals surface area contributed by atoms with Gasteiger partial charge < -0.3 is 19.2 Å². The number of carbonyl (C=O) groups is 2. The molecule has 2 atom stereocenters. The summed E-state index contributed by atoms with van der Waals surface area (Å²) in [6, 6.07) is 12.2. The van der Waals surface area contributed by atoms with Crippen LogP contribution in [-0.4, -0.2) is 42.6 Å². The molecule has 0 N–H and O–H groups in total. The van der Waals surface area contributed by atoms with E-state index in [1.165, 1.54) is 6.07 Å². The van der Waals surface area contributed by atoms with Gasteiger partial charge in [-0.3, -0.25) is 0 Å². The number of rotatable bonds is 3. The molecule has 0 amide bonds. The Morgan fingerprint density at radius 1 is 1.18 bits per heavy atom. The molecule has 1 heterocycles. The molecule has 0 fully saturated rings. The predicted molar refractivity (Wildman–Crippen MR) is 112 cm³/mol. The van der Waals surface area contributed by atoms with Crippen molar-refractivity contribution < 1.29 is 45.6 Å². The average Bonchev–Trinajstić information content (AvgIpc) is 2.78. The van der Waals surface area contributed by atoms with Crippen molar-refractivity contribution in [2.75, 3.05) is 7.11 Å². The van der Waals surface area contributed by atoms with Crippen LogP contribution in [-0.2, 0) is 21.0 Å². The number of fused-ring (bicyclic) bond motifs is 2. The topological polar surface area (TPSA) is 124 Å². The fourth-order valence-corrected chi connectivity index (χ4v) is 6.18. The molecule has 0 aromatic heterocycles. The second-order valence-corrected chi connectivity index (χ2v) is 10.4. The van der Waals surface area contributed by atoms with E-state index in [9.17, 15) is 27.9 Å². The maximum Gasteiger partial charge on any atom is 0.485 e. The summed E-state index contributed by atoms with van der Waals surface area (Å²) < 4.78 is 64.4. The summed E-state index contributed by atoms with van der Waals surface area (Å²) in [5.41, 5.74) is -4.25. The molecular weight excluding hydrogens is 497 g/mol. The largest absolute Gasteiger partial charge is 0.741 e. The average molecular weight is 512 g/mol. The summed E-state index contributed by atoms with van der Waals surface area (Å²) >= 11 is 0. The number of hydrogen-bond acceptors (Lipinski definition) is 7. The summed E-state index contributed by atoms with van der Waals surface area (Å²) in [5.74, 6) is -0.630. The highest BCUT2D eigenvalue weighted by Gasteiger charge is 2.54. The minimum absolute atomic E-state index is 0.00581. The number of methoxy groups -OCH3 is 1. The van der Waals surface area contributed by atoms with Crippen LogP contribution in [0.5, 0.6) is 5.75 Å². The number of halogens is 3. The summed E-state index contributed by atoms with van der Waals surface area (Å²) in [5, 5.41) is 11.3. The standard InChI is InChI=1S/C21H15O4S.CHF3O3S/c1-25-16-11-10-13(21(23)24)12-19(16)26-17-8-4-2-6-14(17)20(22)15-7-3-5-9-18(15)26;2-1(3,4)8(5,6)7/h2-6,8,10-12,18H,9H2,1H3;(H,5,6,7)/q+1;/p-1. The third kappa shape index (κ3) is 5.00. The maximum atomic E-state index is 12.9. The SMILES string of the molecule is COc1ccc(C(=O)[O-])cc1[S+]1c2ccccc2C(=O)C2=[C+]C=CCC21.O=S(=O)([O-])C(F)(F)F. The van der Waals surface area contributed by atoms with Gasteiger partial charge in [0.2, 0.25) is 15.7 Å². The summed E-state index contributed by atoms with van der Waals surface area (Å²) in [6.45, 7) is 0. The number of ketones is 1. The van der Waals surface area contributed by atoms with Gasteiger partial charge in [0, 0.05) is 17.7 Å². The molecule has 2 unspecified atom stereocenters. The molecule has 34 heavy (non-hydrogen) atoms. The number of ether oxygens (including phenoxy) is 1. The van der Waals surface area contributed by atoms with E-state index in [1.807, 2.05) is 30.3 Å². The van der Waals surface area contributed by atoms with Gasteiger partial charge in [-0.2, -0.15) is 13.2 Å². The fourth-order valence-electron chi connectivity index (χ4n) is 3.37. The number of aromatic carboxylic acids is 1. The van der Waals surface area contributed by atoms with Gasteiger partial charge in [-0.15, -0.1) is 0 Å². The van der Waals surface area contributed by atoms with Crippen molar-refractivity contribution >= 4 is 32.8 Å². The van der Waals surface area contributed by atoms with Crippen LogP contribution in [0.1, 0.15) is 27.1 Å². The van der Waals surface area contributed by atoms with Crippen LogP contribution < -0.4 is 9.84 Å². The second kappa shape index (κ2) is 9.59. The molecule has 1 aliphatic heterocycles. The van der Waals surface area contributed by atoms with Crippen molar-refractivity contribution in [2.45, 2.75) is 27.0 Å². The van der Waals surface area contributed by atoms with Gasteiger partial charge in [0.05, 0.1) is 42.5 Å². The van der Waals surface area contributed by atoms with Crippen molar-refractivity contribution in [1.82, 2.24) is 0 Å². The Hall–Kier alpha value is -3.18. The van der Waals surface area contributed by atoms with Crippen LogP contribution in [0, 0.1) is 6.08 Å². The minimum atomic E-state index is -6.09. The van der Waals surface area contributed by atoms with Crippen LogP contribution >= 0.6 is 0 Å². The van der Waals surface area contributed by atoms with Gasteiger partial charge in [-0.25, -0.2) is 13.2 Å². The molecule has 12 heteroatoms. The zero-order valence-electron chi connectivity index (χ0n) is 17.3. The summed E-state index contributed by atoms with van der Waals surface area (Å²) in [4.78, 5) is 26.0. The lowest BCUT2D eigenvalue weighted by Crippen LogP contribution is -2.35. The van der Waals surface area contributed by atoms with Gasteiger partial charge in [-0.05, 0) is 24.3 Å². The van der Waals surface area contributed by atoms with Crippen LogP contribution in [0.3, 0.4) is 0 Å². The lowest BCUT2D eigenvalue weighted by molar-refractivity contribution is -0.255. The number of allylic oxidation sites excluding steroid dienone is 3. The molecule has 1 aliphatic carbocycles. The number of Topliss-reactive ketones (excluding diaryl/α,β-unsaturated/α-hetero) is 1. The third-order valence-electron chi connectivity index (χ3n) is 4.85. The molecule has 2 aromatic carbocycles. The number of carbonyl (C=O) groups excluding carboxylic acids is 2. The van der Waals surface area contributed by atoms with Gasteiger partial charge in [0.1, 0.15) is 5.56 Å². The lowest BCUT2D eigenvalue weighted by atomic mass is 9.95. The van der Waals surface area contributed by atoms with Crippen molar-refractivity contribution in [1.29, 1.82) is 0 Å².